The molecule has 2 rings (SSSR count). The fraction of sp³-hybridized carbons (Fsp3) is 0.167. The van der Waals surface area contributed by atoms with Crippen LogP contribution in [-0.4, -0.2) is 17.6 Å². The summed E-state index contributed by atoms with van der Waals surface area (Å²) >= 11 is 3.34. The highest BCUT2D eigenvalue weighted by atomic mass is 79.9. The largest absolute Gasteiger partial charge is 0.460 e. The molecule has 0 bridgehead atoms. The van der Waals surface area contributed by atoms with Crippen LogP contribution in [0.2, 0.25) is 0 Å². The normalized spacial score (nSPS) is 10.2. The number of halogens is 1. The molecule has 2 aromatic rings. The van der Waals surface area contributed by atoms with Crippen LogP contribution in [0.25, 0.3) is 11.5 Å². The second-order valence-electron chi connectivity index (χ2n) is 3.26. The molecular weight excluding hydrogens is 286 g/mol. The van der Waals surface area contributed by atoms with Gasteiger partial charge in [0.25, 0.3) is 0 Å². The Hall–Kier alpha value is -1.62. The van der Waals surface area contributed by atoms with Gasteiger partial charge in [0.15, 0.2) is 0 Å². The molecule has 1 aromatic heterocycles. The van der Waals surface area contributed by atoms with E-state index < -0.39 is 5.97 Å². The molecule has 0 aliphatic carbocycles. The third-order valence-electron chi connectivity index (χ3n) is 2.07. The van der Waals surface area contributed by atoms with Gasteiger partial charge in [-0.1, -0.05) is 15.9 Å². The standard InChI is InChI=1S/C12H10BrNO3/c1-2-16-12(15)10-7-14-11(17-10)8-3-5-9(13)6-4-8/h3-7H,2H2,1H3. The van der Waals surface area contributed by atoms with Gasteiger partial charge in [-0.05, 0) is 31.2 Å². The zero-order chi connectivity index (χ0) is 12.3. The summed E-state index contributed by atoms with van der Waals surface area (Å²) in [6.45, 7) is 2.05. The maximum Gasteiger partial charge on any atom is 0.375 e. The summed E-state index contributed by atoms with van der Waals surface area (Å²) in [4.78, 5) is 15.4. The SMILES string of the molecule is CCOC(=O)c1cnc(-c2ccc(Br)cc2)o1. The smallest absolute Gasteiger partial charge is 0.375 e. The summed E-state index contributed by atoms with van der Waals surface area (Å²) in [5.41, 5.74) is 0.809. The Bertz CT molecular complexity index is 519. The maximum atomic E-state index is 11.4. The molecule has 0 aliphatic heterocycles. The Balaban J connectivity index is 2.23. The fourth-order valence-corrected chi connectivity index (χ4v) is 1.56. The van der Waals surface area contributed by atoms with E-state index in [0.717, 1.165) is 10.0 Å². The van der Waals surface area contributed by atoms with Crippen LogP contribution in [0.4, 0.5) is 0 Å². The predicted molar refractivity (Wildman–Crippen MR) is 65.6 cm³/mol. The van der Waals surface area contributed by atoms with Gasteiger partial charge in [0, 0.05) is 10.0 Å². The van der Waals surface area contributed by atoms with Crippen LogP contribution in [0.15, 0.2) is 39.4 Å². The molecule has 4 nitrogen and oxygen atoms in total. The van der Waals surface area contributed by atoms with E-state index in [9.17, 15) is 4.79 Å². The lowest BCUT2D eigenvalue weighted by Gasteiger charge is -1.97. The zero-order valence-electron chi connectivity index (χ0n) is 9.14. The lowest BCUT2D eigenvalue weighted by atomic mass is 10.2. The second kappa shape index (κ2) is 5.14. The number of hydrogen-bond donors (Lipinski definition) is 0. The van der Waals surface area contributed by atoms with E-state index in [1.54, 1.807) is 6.92 Å². The van der Waals surface area contributed by atoms with Crippen LogP contribution in [0.3, 0.4) is 0 Å². The number of carbonyl (C=O) groups is 1. The summed E-state index contributed by atoms with van der Waals surface area (Å²) in [7, 11) is 0. The van der Waals surface area contributed by atoms with E-state index in [1.807, 2.05) is 24.3 Å². The topological polar surface area (TPSA) is 52.3 Å². The minimum atomic E-state index is -0.497. The molecule has 0 atom stereocenters. The highest BCUT2D eigenvalue weighted by Gasteiger charge is 2.14. The molecule has 88 valence electrons. The number of rotatable bonds is 3. The van der Waals surface area contributed by atoms with Crippen LogP contribution in [-0.2, 0) is 4.74 Å². The Labute approximate surface area is 107 Å². The first-order chi connectivity index (χ1) is 8.20. The molecule has 5 heteroatoms. The van der Waals surface area contributed by atoms with Gasteiger partial charge in [0.2, 0.25) is 11.7 Å². The average molecular weight is 296 g/mol. The minimum Gasteiger partial charge on any atom is -0.460 e. The van der Waals surface area contributed by atoms with Crippen molar-refractivity contribution in [3.8, 4) is 11.5 Å². The number of nitrogens with zero attached hydrogens (tertiary/aromatic N) is 1. The maximum absolute atomic E-state index is 11.4. The van der Waals surface area contributed by atoms with E-state index in [0.29, 0.717) is 12.5 Å². The molecule has 0 saturated heterocycles. The number of aromatic nitrogens is 1. The summed E-state index contributed by atoms with van der Waals surface area (Å²) in [5, 5.41) is 0. The lowest BCUT2D eigenvalue weighted by molar-refractivity contribution is 0.0491. The van der Waals surface area contributed by atoms with Crippen molar-refractivity contribution in [3.05, 3.63) is 40.7 Å². The van der Waals surface area contributed by atoms with Gasteiger partial charge in [0.1, 0.15) is 0 Å². The van der Waals surface area contributed by atoms with Crippen molar-refractivity contribution in [3.63, 3.8) is 0 Å². The van der Waals surface area contributed by atoms with Crippen molar-refractivity contribution >= 4 is 21.9 Å². The lowest BCUT2D eigenvalue weighted by Crippen LogP contribution is -2.02. The van der Waals surface area contributed by atoms with Gasteiger partial charge in [0.05, 0.1) is 12.8 Å². The first-order valence-corrected chi connectivity index (χ1v) is 5.89. The Kier molecular flexibility index (Phi) is 3.58. The van der Waals surface area contributed by atoms with Crippen LogP contribution in [0.1, 0.15) is 17.5 Å². The van der Waals surface area contributed by atoms with Crippen LogP contribution >= 0.6 is 15.9 Å². The highest BCUT2D eigenvalue weighted by molar-refractivity contribution is 9.10. The molecule has 1 heterocycles. The van der Waals surface area contributed by atoms with E-state index in [2.05, 4.69) is 20.9 Å². The molecule has 0 spiro atoms. The molecule has 0 unspecified atom stereocenters. The van der Waals surface area contributed by atoms with Crippen molar-refractivity contribution in [2.24, 2.45) is 0 Å². The Morgan fingerprint density at radius 1 is 1.41 bits per heavy atom. The van der Waals surface area contributed by atoms with Gasteiger partial charge in [-0.3, -0.25) is 0 Å². The molecule has 0 fully saturated rings. The minimum absolute atomic E-state index is 0.116. The molecule has 0 N–H and O–H groups in total. The van der Waals surface area contributed by atoms with Crippen molar-refractivity contribution in [2.75, 3.05) is 6.61 Å². The predicted octanol–water partition coefficient (Wildman–Crippen LogP) is 3.28. The molecule has 1 aromatic carbocycles. The van der Waals surface area contributed by atoms with E-state index in [4.69, 9.17) is 9.15 Å². The van der Waals surface area contributed by atoms with Crippen molar-refractivity contribution in [1.29, 1.82) is 0 Å². The fourth-order valence-electron chi connectivity index (χ4n) is 1.30. The van der Waals surface area contributed by atoms with Crippen molar-refractivity contribution in [1.82, 2.24) is 4.98 Å². The quantitative estimate of drug-likeness (QED) is 0.816. The third kappa shape index (κ3) is 2.74. The summed E-state index contributed by atoms with van der Waals surface area (Å²) in [6, 6.07) is 7.46. The van der Waals surface area contributed by atoms with Crippen molar-refractivity contribution in [2.45, 2.75) is 6.92 Å². The van der Waals surface area contributed by atoms with Gasteiger partial charge in [-0.25, -0.2) is 9.78 Å². The molecule has 0 radical (unpaired) electrons. The highest BCUT2D eigenvalue weighted by Crippen LogP contribution is 2.21. The number of hydrogen-bond acceptors (Lipinski definition) is 4. The number of oxazole rings is 1. The van der Waals surface area contributed by atoms with Gasteiger partial charge in [-0.15, -0.1) is 0 Å². The van der Waals surface area contributed by atoms with Crippen LogP contribution in [0.5, 0.6) is 0 Å². The van der Waals surface area contributed by atoms with E-state index in [-0.39, 0.29) is 5.76 Å². The monoisotopic (exact) mass is 295 g/mol. The number of ether oxygens (including phenoxy) is 1. The zero-order valence-corrected chi connectivity index (χ0v) is 10.7. The van der Waals surface area contributed by atoms with Gasteiger partial charge in [-0.2, -0.15) is 0 Å². The number of benzene rings is 1. The van der Waals surface area contributed by atoms with E-state index in [1.165, 1.54) is 6.20 Å². The van der Waals surface area contributed by atoms with Gasteiger partial charge < -0.3 is 9.15 Å². The Morgan fingerprint density at radius 3 is 2.76 bits per heavy atom. The van der Waals surface area contributed by atoms with Crippen molar-refractivity contribution < 1.29 is 13.9 Å². The van der Waals surface area contributed by atoms with Gasteiger partial charge >= 0.3 is 5.97 Å². The molecule has 0 saturated carbocycles. The third-order valence-corrected chi connectivity index (χ3v) is 2.60. The van der Waals surface area contributed by atoms with E-state index >= 15 is 0 Å². The molecular formula is C12H10BrNO3. The molecule has 0 aliphatic rings. The summed E-state index contributed by atoms with van der Waals surface area (Å²) in [5.74, 6) is 0.0219. The summed E-state index contributed by atoms with van der Waals surface area (Å²) < 4.78 is 11.1. The first-order valence-electron chi connectivity index (χ1n) is 5.09. The second-order valence-corrected chi connectivity index (χ2v) is 4.17. The van der Waals surface area contributed by atoms with Crippen LogP contribution < -0.4 is 0 Å². The van der Waals surface area contributed by atoms with Crippen LogP contribution in [0, 0.1) is 0 Å². The number of esters is 1. The average Bonchev–Trinajstić information content (AvgIpc) is 2.80. The first kappa shape index (κ1) is 11.9. The number of carbonyl (C=O) groups excluding carboxylic acids is 1. The summed E-state index contributed by atoms with van der Waals surface area (Å²) in [6.07, 6.45) is 1.37. The molecule has 17 heavy (non-hydrogen) atoms. The Morgan fingerprint density at radius 2 is 2.12 bits per heavy atom. The molecule has 0 amide bonds.